The lowest BCUT2D eigenvalue weighted by molar-refractivity contribution is 0.277. The largest absolute Gasteiger partial charge is 0.508 e. The molecule has 13 heavy (non-hydrogen) atoms. The summed E-state index contributed by atoms with van der Waals surface area (Å²) in [6, 6.07) is 7.94. The Labute approximate surface area is 79.8 Å². The van der Waals surface area contributed by atoms with E-state index in [-0.39, 0.29) is 5.75 Å². The van der Waals surface area contributed by atoms with Gasteiger partial charge in [-0.1, -0.05) is 12.1 Å². The number of hydrogen-bond acceptors (Lipinski definition) is 3. The molecule has 1 aromatic rings. The third kappa shape index (κ3) is 3.18. The summed E-state index contributed by atoms with van der Waals surface area (Å²) in [5.74, 6) is 0.289. The van der Waals surface area contributed by atoms with Gasteiger partial charge in [0, 0.05) is 20.3 Å². The van der Waals surface area contributed by atoms with E-state index < -0.39 is 9.28 Å². The smallest absolute Gasteiger partial charge is 0.325 e. The molecule has 1 rings (SSSR count). The van der Waals surface area contributed by atoms with Crippen molar-refractivity contribution in [2.75, 3.05) is 14.2 Å². The first kappa shape index (κ1) is 10.2. The van der Waals surface area contributed by atoms with Crippen molar-refractivity contribution < 1.29 is 14.0 Å². The number of rotatable bonds is 4. The van der Waals surface area contributed by atoms with Crippen molar-refractivity contribution in [2.24, 2.45) is 0 Å². The molecule has 3 nitrogen and oxygen atoms in total. The van der Waals surface area contributed by atoms with Crippen LogP contribution in [0.3, 0.4) is 0 Å². The molecule has 0 spiro atoms. The van der Waals surface area contributed by atoms with E-state index in [1.807, 2.05) is 12.1 Å². The van der Waals surface area contributed by atoms with Gasteiger partial charge in [-0.2, -0.15) is 0 Å². The number of benzene rings is 1. The van der Waals surface area contributed by atoms with Crippen molar-refractivity contribution in [3.63, 3.8) is 0 Å². The Morgan fingerprint density at radius 3 is 2.15 bits per heavy atom. The molecule has 72 valence electrons. The predicted octanol–water partition coefficient (Wildman–Crippen LogP) is 0.987. The van der Waals surface area contributed by atoms with Crippen LogP contribution in [-0.2, 0) is 14.9 Å². The number of hydrogen-bond donors (Lipinski definition) is 1. The number of phenols is 1. The molecule has 0 aromatic heterocycles. The van der Waals surface area contributed by atoms with Gasteiger partial charge in [-0.05, 0) is 17.7 Å². The fourth-order valence-corrected chi connectivity index (χ4v) is 2.27. The highest BCUT2D eigenvalue weighted by atomic mass is 28.3. The van der Waals surface area contributed by atoms with Crippen LogP contribution in [0.4, 0.5) is 0 Å². The highest BCUT2D eigenvalue weighted by molar-refractivity contribution is 6.43. The fourth-order valence-electron chi connectivity index (χ4n) is 1.09. The second kappa shape index (κ2) is 5.01. The molecule has 1 N–H and O–H groups in total. The van der Waals surface area contributed by atoms with Gasteiger partial charge in [-0.15, -0.1) is 0 Å². The van der Waals surface area contributed by atoms with Crippen molar-refractivity contribution in [1.29, 1.82) is 0 Å². The summed E-state index contributed by atoms with van der Waals surface area (Å²) in [7, 11) is 1.82. The first-order chi connectivity index (χ1) is 6.26. The van der Waals surface area contributed by atoms with Crippen LogP contribution in [0.25, 0.3) is 0 Å². The van der Waals surface area contributed by atoms with Gasteiger partial charge >= 0.3 is 9.28 Å². The molecule has 0 amide bonds. The van der Waals surface area contributed by atoms with Crippen LogP contribution in [0.15, 0.2) is 24.3 Å². The van der Waals surface area contributed by atoms with Gasteiger partial charge in [0.1, 0.15) is 5.75 Å². The molecule has 0 radical (unpaired) electrons. The van der Waals surface area contributed by atoms with E-state index in [1.165, 1.54) is 0 Å². The van der Waals surface area contributed by atoms with E-state index in [1.54, 1.807) is 26.4 Å². The van der Waals surface area contributed by atoms with Crippen molar-refractivity contribution >= 4 is 9.28 Å². The van der Waals surface area contributed by atoms with E-state index in [0.717, 1.165) is 11.6 Å². The Kier molecular flexibility index (Phi) is 3.95. The Bertz CT molecular complexity index is 244. The van der Waals surface area contributed by atoms with Gasteiger partial charge in [0.15, 0.2) is 0 Å². The topological polar surface area (TPSA) is 38.7 Å². The molecule has 0 saturated heterocycles. The summed E-state index contributed by atoms with van der Waals surface area (Å²) in [6.45, 7) is 0. The zero-order valence-corrected chi connectivity index (χ0v) is 9.01. The minimum atomic E-state index is -1.52. The molecule has 0 aliphatic carbocycles. The number of aromatic hydroxyl groups is 1. The minimum Gasteiger partial charge on any atom is -0.508 e. The van der Waals surface area contributed by atoms with Crippen molar-refractivity contribution in [1.82, 2.24) is 0 Å². The summed E-state index contributed by atoms with van der Waals surface area (Å²) < 4.78 is 10.4. The Morgan fingerprint density at radius 2 is 1.69 bits per heavy atom. The van der Waals surface area contributed by atoms with Gasteiger partial charge in [0.05, 0.1) is 0 Å². The maximum atomic E-state index is 9.05. The van der Waals surface area contributed by atoms with Crippen molar-refractivity contribution in [3.05, 3.63) is 29.8 Å². The Balaban J connectivity index is 2.58. The lowest BCUT2D eigenvalue weighted by Gasteiger charge is -2.10. The van der Waals surface area contributed by atoms with E-state index in [2.05, 4.69) is 0 Å². The van der Waals surface area contributed by atoms with E-state index in [9.17, 15) is 0 Å². The van der Waals surface area contributed by atoms with E-state index in [0.29, 0.717) is 0 Å². The van der Waals surface area contributed by atoms with Gasteiger partial charge < -0.3 is 14.0 Å². The quantitative estimate of drug-likeness (QED) is 0.733. The van der Waals surface area contributed by atoms with Crippen LogP contribution < -0.4 is 0 Å². The first-order valence-corrected chi connectivity index (χ1v) is 5.85. The Hall–Kier alpha value is -0.843. The normalized spacial score (nSPS) is 10.7. The zero-order valence-electron chi connectivity index (χ0n) is 7.86. The monoisotopic (exact) mass is 198 g/mol. The SMILES string of the molecule is CO[SiH](Cc1ccc(O)cc1)OC. The van der Waals surface area contributed by atoms with Crippen LogP contribution in [0.1, 0.15) is 5.56 Å². The molecular formula is C9H14O3Si. The Morgan fingerprint density at radius 1 is 1.15 bits per heavy atom. The van der Waals surface area contributed by atoms with Crippen LogP contribution in [0.5, 0.6) is 5.75 Å². The average Bonchev–Trinajstić information content (AvgIpc) is 2.17. The maximum Gasteiger partial charge on any atom is 0.325 e. The van der Waals surface area contributed by atoms with E-state index >= 15 is 0 Å². The molecule has 0 aliphatic rings. The zero-order chi connectivity index (χ0) is 9.68. The molecule has 4 heteroatoms. The predicted molar refractivity (Wildman–Crippen MR) is 53.0 cm³/mol. The van der Waals surface area contributed by atoms with Gasteiger partial charge in [-0.25, -0.2) is 0 Å². The van der Waals surface area contributed by atoms with Crippen LogP contribution in [0.2, 0.25) is 0 Å². The van der Waals surface area contributed by atoms with Crippen LogP contribution in [-0.4, -0.2) is 28.6 Å². The first-order valence-electron chi connectivity index (χ1n) is 4.09. The average molecular weight is 198 g/mol. The van der Waals surface area contributed by atoms with Crippen molar-refractivity contribution in [3.8, 4) is 5.75 Å². The van der Waals surface area contributed by atoms with Crippen LogP contribution >= 0.6 is 0 Å². The molecule has 0 fully saturated rings. The van der Waals surface area contributed by atoms with Crippen molar-refractivity contribution in [2.45, 2.75) is 6.04 Å². The minimum absolute atomic E-state index is 0.289. The third-order valence-corrected chi connectivity index (χ3v) is 3.72. The summed E-state index contributed by atoms with van der Waals surface area (Å²) >= 11 is 0. The molecule has 0 unspecified atom stereocenters. The molecule has 0 bridgehead atoms. The molecule has 1 aromatic carbocycles. The van der Waals surface area contributed by atoms with Gasteiger partial charge in [0.2, 0.25) is 0 Å². The summed E-state index contributed by atoms with van der Waals surface area (Å²) in [5, 5.41) is 9.05. The van der Waals surface area contributed by atoms with Gasteiger partial charge in [-0.3, -0.25) is 0 Å². The van der Waals surface area contributed by atoms with Gasteiger partial charge in [0.25, 0.3) is 0 Å². The second-order valence-corrected chi connectivity index (χ2v) is 4.98. The van der Waals surface area contributed by atoms with E-state index in [4.69, 9.17) is 14.0 Å². The van der Waals surface area contributed by atoms with Crippen LogP contribution in [0, 0.1) is 0 Å². The standard InChI is InChI=1S/C9H14O3Si/c1-11-13(12-2)7-8-3-5-9(10)6-4-8/h3-6,10,13H,7H2,1-2H3. The lowest BCUT2D eigenvalue weighted by Crippen LogP contribution is -2.22. The molecular weight excluding hydrogens is 184 g/mol. The summed E-state index contributed by atoms with van der Waals surface area (Å²) in [6.07, 6.45) is 0. The molecule has 0 atom stereocenters. The highest BCUT2D eigenvalue weighted by Crippen LogP contribution is 2.11. The highest BCUT2D eigenvalue weighted by Gasteiger charge is 2.09. The molecule has 0 aliphatic heterocycles. The fraction of sp³-hybridized carbons (Fsp3) is 0.333. The summed E-state index contributed by atoms with van der Waals surface area (Å²) in [4.78, 5) is 0. The maximum absolute atomic E-state index is 9.05. The lowest BCUT2D eigenvalue weighted by atomic mass is 10.2. The third-order valence-electron chi connectivity index (χ3n) is 1.86. The summed E-state index contributed by atoms with van der Waals surface area (Å²) in [5.41, 5.74) is 1.14. The molecule has 0 heterocycles. The second-order valence-electron chi connectivity index (χ2n) is 2.77. The number of phenolic OH excluding ortho intramolecular Hbond substituents is 1. The molecule has 0 saturated carbocycles.